The van der Waals surface area contributed by atoms with Crippen molar-refractivity contribution < 1.29 is 14.6 Å². The molecule has 19 heavy (non-hydrogen) atoms. The molecule has 0 heterocycles. The minimum atomic E-state index is -0.737. The van der Waals surface area contributed by atoms with Gasteiger partial charge in [-0.05, 0) is 42.4 Å². The van der Waals surface area contributed by atoms with Gasteiger partial charge in [-0.3, -0.25) is 4.79 Å². The molecule has 0 aromatic heterocycles. The number of aliphatic carboxylic acids is 1. The van der Waals surface area contributed by atoms with Gasteiger partial charge in [0.05, 0.1) is 6.61 Å². The minimum Gasteiger partial charge on any atom is -0.494 e. The highest BCUT2D eigenvalue weighted by molar-refractivity contribution is 8.00. The third kappa shape index (κ3) is 6.21. The van der Waals surface area contributed by atoms with Gasteiger partial charge in [-0.2, -0.15) is 0 Å². The highest BCUT2D eigenvalue weighted by atomic mass is 35.5. The number of carboxylic acids is 1. The van der Waals surface area contributed by atoms with E-state index in [1.807, 2.05) is 26.0 Å². The maximum absolute atomic E-state index is 11.0. The van der Waals surface area contributed by atoms with Crippen molar-refractivity contribution in [2.75, 3.05) is 12.4 Å². The number of hydrogen-bond acceptors (Lipinski definition) is 3. The fourth-order valence-electron chi connectivity index (χ4n) is 1.54. The zero-order chi connectivity index (χ0) is 14.3. The molecule has 1 atom stereocenters. The summed E-state index contributed by atoms with van der Waals surface area (Å²) in [6.45, 7) is 4.44. The van der Waals surface area contributed by atoms with Gasteiger partial charge in [0.25, 0.3) is 0 Å². The van der Waals surface area contributed by atoms with Gasteiger partial charge in [0, 0.05) is 5.02 Å². The number of halogens is 1. The van der Waals surface area contributed by atoms with Crippen LogP contribution in [0.3, 0.4) is 0 Å². The van der Waals surface area contributed by atoms with E-state index in [-0.39, 0.29) is 11.2 Å². The van der Waals surface area contributed by atoms with E-state index in [2.05, 4.69) is 0 Å². The lowest BCUT2D eigenvalue weighted by molar-refractivity contribution is -0.137. The molecule has 1 unspecified atom stereocenters. The first-order valence-corrected chi connectivity index (χ1v) is 7.66. The van der Waals surface area contributed by atoms with Crippen LogP contribution in [0.15, 0.2) is 24.3 Å². The summed E-state index contributed by atoms with van der Waals surface area (Å²) in [5, 5.41) is 9.39. The Labute approximate surface area is 123 Å². The summed E-state index contributed by atoms with van der Waals surface area (Å²) in [6.07, 6.45) is 0.823. The Balaban J connectivity index is 2.20. The highest BCUT2D eigenvalue weighted by Gasteiger charge is 2.21. The van der Waals surface area contributed by atoms with Crippen molar-refractivity contribution in [1.82, 2.24) is 0 Å². The highest BCUT2D eigenvalue weighted by Crippen LogP contribution is 2.21. The zero-order valence-electron chi connectivity index (χ0n) is 11.1. The predicted octanol–water partition coefficient (Wildman–Crippen LogP) is 3.95. The molecule has 0 aliphatic heterocycles. The Kier molecular flexibility index (Phi) is 7.10. The van der Waals surface area contributed by atoms with Gasteiger partial charge in [0.15, 0.2) is 0 Å². The van der Waals surface area contributed by atoms with E-state index in [1.165, 1.54) is 11.8 Å². The van der Waals surface area contributed by atoms with Crippen molar-refractivity contribution in [1.29, 1.82) is 0 Å². The molecule has 1 N–H and O–H groups in total. The number of carboxylic acid groups (broad SMARTS) is 1. The molecule has 0 aliphatic carbocycles. The van der Waals surface area contributed by atoms with Crippen molar-refractivity contribution in [2.45, 2.75) is 25.5 Å². The molecule has 0 bridgehead atoms. The van der Waals surface area contributed by atoms with E-state index < -0.39 is 5.97 Å². The maximum Gasteiger partial charge on any atom is 0.316 e. The van der Waals surface area contributed by atoms with Gasteiger partial charge >= 0.3 is 5.97 Å². The minimum absolute atomic E-state index is 0.139. The van der Waals surface area contributed by atoms with Crippen LogP contribution in [0.1, 0.15) is 20.3 Å². The van der Waals surface area contributed by atoms with Crippen LogP contribution < -0.4 is 4.74 Å². The van der Waals surface area contributed by atoms with Crippen molar-refractivity contribution in [3.8, 4) is 5.75 Å². The number of carbonyl (C=O) groups is 1. The molecular weight excluding hydrogens is 284 g/mol. The Morgan fingerprint density at radius 1 is 1.37 bits per heavy atom. The number of hydrogen-bond donors (Lipinski definition) is 1. The van der Waals surface area contributed by atoms with Crippen LogP contribution >= 0.6 is 23.4 Å². The maximum atomic E-state index is 11.0. The second-order valence-corrected chi connectivity index (χ2v) is 6.22. The smallest absolute Gasteiger partial charge is 0.316 e. The average Bonchev–Trinajstić information content (AvgIpc) is 2.34. The molecule has 106 valence electrons. The topological polar surface area (TPSA) is 46.5 Å². The molecule has 0 saturated heterocycles. The van der Waals surface area contributed by atoms with E-state index in [0.29, 0.717) is 11.6 Å². The number of benzene rings is 1. The van der Waals surface area contributed by atoms with Gasteiger partial charge < -0.3 is 9.84 Å². The standard InChI is InChI=1S/C14H19ClO3S/c1-10(2)13(14(16)17)19-9-3-8-18-12-6-4-11(15)5-7-12/h4-7,10,13H,3,8-9H2,1-2H3,(H,16,17). The van der Waals surface area contributed by atoms with Crippen molar-refractivity contribution in [3.63, 3.8) is 0 Å². The van der Waals surface area contributed by atoms with Crippen molar-refractivity contribution in [2.24, 2.45) is 5.92 Å². The fourth-order valence-corrected chi connectivity index (χ4v) is 2.73. The first-order chi connectivity index (χ1) is 9.00. The normalized spacial score (nSPS) is 12.4. The van der Waals surface area contributed by atoms with Crippen LogP contribution in [0.25, 0.3) is 0 Å². The fraction of sp³-hybridized carbons (Fsp3) is 0.500. The average molecular weight is 303 g/mol. The molecular formula is C14H19ClO3S. The molecule has 1 aromatic carbocycles. The molecule has 0 fully saturated rings. The van der Waals surface area contributed by atoms with E-state index in [1.54, 1.807) is 12.1 Å². The Morgan fingerprint density at radius 3 is 2.53 bits per heavy atom. The summed E-state index contributed by atoms with van der Waals surface area (Å²) >= 11 is 7.25. The van der Waals surface area contributed by atoms with Crippen LogP contribution in [0, 0.1) is 5.92 Å². The molecule has 1 aromatic rings. The SMILES string of the molecule is CC(C)C(SCCCOc1ccc(Cl)cc1)C(=O)O. The monoisotopic (exact) mass is 302 g/mol. The first-order valence-electron chi connectivity index (χ1n) is 6.23. The Hall–Kier alpha value is -0.870. The number of rotatable bonds is 8. The van der Waals surface area contributed by atoms with E-state index in [9.17, 15) is 4.79 Å². The third-order valence-corrected chi connectivity index (χ3v) is 4.40. The quantitative estimate of drug-likeness (QED) is 0.739. The third-order valence-electron chi connectivity index (χ3n) is 2.52. The van der Waals surface area contributed by atoms with Crippen LogP contribution in [0.4, 0.5) is 0 Å². The van der Waals surface area contributed by atoms with Crippen LogP contribution in [0.5, 0.6) is 5.75 Å². The largest absolute Gasteiger partial charge is 0.494 e. The van der Waals surface area contributed by atoms with Gasteiger partial charge in [-0.15, -0.1) is 11.8 Å². The molecule has 5 heteroatoms. The van der Waals surface area contributed by atoms with E-state index >= 15 is 0 Å². The van der Waals surface area contributed by atoms with Gasteiger partial charge in [-0.1, -0.05) is 25.4 Å². The van der Waals surface area contributed by atoms with Crippen LogP contribution in [-0.4, -0.2) is 28.7 Å². The molecule has 0 saturated carbocycles. The Bertz CT molecular complexity index is 392. The molecule has 0 spiro atoms. The first kappa shape index (κ1) is 16.2. The summed E-state index contributed by atoms with van der Waals surface area (Å²) < 4.78 is 5.54. The summed E-state index contributed by atoms with van der Waals surface area (Å²) in [5.41, 5.74) is 0. The second kappa shape index (κ2) is 8.33. The van der Waals surface area contributed by atoms with Crippen LogP contribution in [-0.2, 0) is 4.79 Å². The lowest BCUT2D eigenvalue weighted by atomic mass is 10.1. The van der Waals surface area contributed by atoms with Crippen LogP contribution in [0.2, 0.25) is 5.02 Å². The lowest BCUT2D eigenvalue weighted by Gasteiger charge is -2.15. The predicted molar refractivity (Wildman–Crippen MR) is 80.3 cm³/mol. The summed E-state index contributed by atoms with van der Waals surface area (Å²) in [7, 11) is 0. The molecule has 1 rings (SSSR count). The van der Waals surface area contributed by atoms with E-state index in [0.717, 1.165) is 17.9 Å². The lowest BCUT2D eigenvalue weighted by Crippen LogP contribution is -2.23. The summed E-state index contributed by atoms with van der Waals surface area (Å²) in [5.74, 6) is 0.967. The van der Waals surface area contributed by atoms with Gasteiger partial charge in [0.1, 0.15) is 11.0 Å². The molecule has 0 aliphatic rings. The van der Waals surface area contributed by atoms with Crippen molar-refractivity contribution in [3.05, 3.63) is 29.3 Å². The summed E-state index contributed by atoms with van der Waals surface area (Å²) in [6, 6.07) is 7.21. The second-order valence-electron chi connectivity index (χ2n) is 4.53. The summed E-state index contributed by atoms with van der Waals surface area (Å²) in [4.78, 5) is 11.0. The van der Waals surface area contributed by atoms with Crippen molar-refractivity contribution >= 4 is 29.3 Å². The van der Waals surface area contributed by atoms with Gasteiger partial charge in [-0.25, -0.2) is 0 Å². The molecule has 3 nitrogen and oxygen atoms in total. The number of ether oxygens (including phenoxy) is 1. The van der Waals surface area contributed by atoms with E-state index in [4.69, 9.17) is 21.4 Å². The molecule has 0 amide bonds. The Morgan fingerprint density at radius 2 is 2.00 bits per heavy atom. The number of thioether (sulfide) groups is 1. The van der Waals surface area contributed by atoms with Gasteiger partial charge in [0.2, 0.25) is 0 Å². The zero-order valence-corrected chi connectivity index (χ0v) is 12.7. The molecule has 0 radical (unpaired) electrons.